The molecule has 0 radical (unpaired) electrons. The second-order valence-electron chi connectivity index (χ2n) is 4.56. The Kier molecular flexibility index (Phi) is 2.54. The normalized spacial score (nSPS) is 34.4. The SMILES string of the molecule is O=C(O)NCC12CCCCC1NC(=O)C2. The number of carbonyl (C=O) groups excluding carboxylic acids is 1. The summed E-state index contributed by atoms with van der Waals surface area (Å²) in [6.07, 6.45) is 3.60. The molecule has 0 aromatic rings. The van der Waals surface area contributed by atoms with E-state index in [9.17, 15) is 9.59 Å². The van der Waals surface area contributed by atoms with E-state index in [4.69, 9.17) is 5.11 Å². The summed E-state index contributed by atoms with van der Waals surface area (Å²) in [6, 6.07) is 0.172. The number of hydrogen-bond acceptors (Lipinski definition) is 2. The third kappa shape index (κ3) is 1.91. The summed E-state index contributed by atoms with van der Waals surface area (Å²) in [7, 11) is 0. The topological polar surface area (TPSA) is 78.4 Å². The van der Waals surface area contributed by atoms with Gasteiger partial charge < -0.3 is 15.7 Å². The molecule has 2 aliphatic rings. The molecular weight excluding hydrogens is 196 g/mol. The van der Waals surface area contributed by atoms with Crippen LogP contribution in [0.3, 0.4) is 0 Å². The van der Waals surface area contributed by atoms with Crippen LogP contribution >= 0.6 is 0 Å². The molecule has 84 valence electrons. The lowest BCUT2D eigenvalue weighted by Gasteiger charge is -2.37. The van der Waals surface area contributed by atoms with Crippen LogP contribution in [0, 0.1) is 5.41 Å². The van der Waals surface area contributed by atoms with Gasteiger partial charge in [-0.3, -0.25) is 4.79 Å². The highest BCUT2D eigenvalue weighted by atomic mass is 16.4. The third-order valence-corrected chi connectivity index (χ3v) is 3.60. The number of fused-ring (bicyclic) bond motifs is 1. The van der Waals surface area contributed by atoms with Gasteiger partial charge >= 0.3 is 6.09 Å². The second-order valence-corrected chi connectivity index (χ2v) is 4.56. The fourth-order valence-corrected chi connectivity index (χ4v) is 2.83. The summed E-state index contributed by atoms with van der Waals surface area (Å²) < 4.78 is 0. The minimum atomic E-state index is -1.01. The Morgan fingerprint density at radius 1 is 1.60 bits per heavy atom. The van der Waals surface area contributed by atoms with E-state index >= 15 is 0 Å². The van der Waals surface area contributed by atoms with Crippen molar-refractivity contribution in [2.75, 3.05) is 6.54 Å². The van der Waals surface area contributed by atoms with E-state index in [1.807, 2.05) is 0 Å². The van der Waals surface area contributed by atoms with Crippen molar-refractivity contribution in [2.24, 2.45) is 5.41 Å². The maximum absolute atomic E-state index is 11.4. The molecule has 5 nitrogen and oxygen atoms in total. The highest BCUT2D eigenvalue weighted by Crippen LogP contribution is 2.42. The lowest BCUT2D eigenvalue weighted by atomic mass is 9.70. The molecule has 0 bridgehead atoms. The molecule has 0 aromatic carbocycles. The summed E-state index contributed by atoms with van der Waals surface area (Å²) in [5.41, 5.74) is -0.159. The fourth-order valence-electron chi connectivity index (χ4n) is 2.83. The Labute approximate surface area is 88.2 Å². The zero-order valence-corrected chi connectivity index (χ0v) is 8.58. The highest BCUT2D eigenvalue weighted by Gasteiger charge is 2.47. The van der Waals surface area contributed by atoms with Crippen molar-refractivity contribution in [3.8, 4) is 0 Å². The van der Waals surface area contributed by atoms with Crippen LogP contribution in [-0.4, -0.2) is 29.7 Å². The number of amides is 2. The number of carbonyl (C=O) groups is 2. The minimum absolute atomic E-state index is 0.0640. The fraction of sp³-hybridized carbons (Fsp3) is 0.800. The molecule has 1 aliphatic heterocycles. The van der Waals surface area contributed by atoms with Crippen molar-refractivity contribution < 1.29 is 14.7 Å². The molecule has 1 saturated carbocycles. The predicted octanol–water partition coefficient (Wildman–Crippen LogP) is 0.703. The van der Waals surface area contributed by atoms with Gasteiger partial charge in [0.1, 0.15) is 0 Å². The predicted molar refractivity (Wildman–Crippen MR) is 53.5 cm³/mol. The molecule has 2 rings (SSSR count). The van der Waals surface area contributed by atoms with E-state index in [0.717, 1.165) is 25.7 Å². The number of nitrogens with one attached hydrogen (secondary N) is 2. The van der Waals surface area contributed by atoms with E-state index < -0.39 is 6.09 Å². The Bertz CT molecular complexity index is 292. The van der Waals surface area contributed by atoms with Crippen molar-refractivity contribution in [3.63, 3.8) is 0 Å². The van der Waals surface area contributed by atoms with Gasteiger partial charge in [-0.25, -0.2) is 4.79 Å². The van der Waals surface area contributed by atoms with Crippen LogP contribution in [0.2, 0.25) is 0 Å². The average Bonchev–Trinajstić information content (AvgIpc) is 2.51. The van der Waals surface area contributed by atoms with Crippen LogP contribution < -0.4 is 10.6 Å². The second kappa shape index (κ2) is 3.72. The van der Waals surface area contributed by atoms with Crippen LogP contribution in [0.15, 0.2) is 0 Å². The summed E-state index contributed by atoms with van der Waals surface area (Å²) in [5.74, 6) is 0.0640. The maximum atomic E-state index is 11.4. The van der Waals surface area contributed by atoms with Crippen LogP contribution in [0.4, 0.5) is 4.79 Å². The smallest absolute Gasteiger partial charge is 0.404 e. The standard InChI is InChI=1S/C10H16N2O3/c13-8-5-10(6-11-9(14)15)4-2-1-3-7(10)12-8/h7,11H,1-6H2,(H,12,13)(H,14,15). The Balaban J connectivity index is 2.07. The Hall–Kier alpha value is -1.26. The van der Waals surface area contributed by atoms with Gasteiger partial charge in [0.05, 0.1) is 0 Å². The van der Waals surface area contributed by atoms with E-state index in [-0.39, 0.29) is 17.4 Å². The van der Waals surface area contributed by atoms with Gasteiger partial charge in [-0.15, -0.1) is 0 Å². The molecule has 5 heteroatoms. The van der Waals surface area contributed by atoms with Crippen LogP contribution in [-0.2, 0) is 4.79 Å². The summed E-state index contributed by atoms with van der Waals surface area (Å²) in [6.45, 7) is 0.395. The summed E-state index contributed by atoms with van der Waals surface area (Å²) in [4.78, 5) is 21.9. The Morgan fingerprint density at radius 3 is 3.13 bits per heavy atom. The maximum Gasteiger partial charge on any atom is 0.404 e. The van der Waals surface area contributed by atoms with Crippen LogP contribution in [0.5, 0.6) is 0 Å². The quantitative estimate of drug-likeness (QED) is 0.630. The van der Waals surface area contributed by atoms with Gasteiger partial charge in [0, 0.05) is 24.4 Å². The monoisotopic (exact) mass is 212 g/mol. The van der Waals surface area contributed by atoms with Crippen molar-refractivity contribution in [3.05, 3.63) is 0 Å². The average molecular weight is 212 g/mol. The first kappa shape index (κ1) is 10.3. The largest absolute Gasteiger partial charge is 0.465 e. The number of hydrogen-bond donors (Lipinski definition) is 3. The van der Waals surface area contributed by atoms with Crippen molar-refractivity contribution in [1.29, 1.82) is 0 Å². The van der Waals surface area contributed by atoms with Gasteiger partial charge in [0.25, 0.3) is 0 Å². The van der Waals surface area contributed by atoms with Crippen LogP contribution in [0.1, 0.15) is 32.1 Å². The van der Waals surface area contributed by atoms with E-state index in [0.29, 0.717) is 13.0 Å². The van der Waals surface area contributed by atoms with Crippen molar-refractivity contribution in [2.45, 2.75) is 38.1 Å². The van der Waals surface area contributed by atoms with Gasteiger partial charge in [0.15, 0.2) is 0 Å². The van der Waals surface area contributed by atoms with Crippen molar-refractivity contribution >= 4 is 12.0 Å². The van der Waals surface area contributed by atoms with Gasteiger partial charge in [-0.05, 0) is 12.8 Å². The lowest BCUT2D eigenvalue weighted by Crippen LogP contribution is -2.47. The van der Waals surface area contributed by atoms with E-state index in [1.165, 1.54) is 0 Å². The molecule has 15 heavy (non-hydrogen) atoms. The first-order chi connectivity index (χ1) is 7.12. The molecule has 2 fully saturated rings. The van der Waals surface area contributed by atoms with E-state index in [2.05, 4.69) is 10.6 Å². The van der Waals surface area contributed by atoms with Gasteiger partial charge in [-0.2, -0.15) is 0 Å². The molecule has 0 spiro atoms. The minimum Gasteiger partial charge on any atom is -0.465 e. The van der Waals surface area contributed by atoms with Crippen molar-refractivity contribution in [1.82, 2.24) is 10.6 Å². The lowest BCUT2D eigenvalue weighted by molar-refractivity contribution is -0.119. The van der Waals surface area contributed by atoms with Gasteiger partial charge in [-0.1, -0.05) is 12.8 Å². The number of rotatable bonds is 2. The highest BCUT2D eigenvalue weighted by molar-refractivity contribution is 5.80. The van der Waals surface area contributed by atoms with Crippen LogP contribution in [0.25, 0.3) is 0 Å². The molecule has 1 heterocycles. The third-order valence-electron chi connectivity index (χ3n) is 3.60. The molecule has 1 aliphatic carbocycles. The van der Waals surface area contributed by atoms with Gasteiger partial charge in [0.2, 0.25) is 5.91 Å². The number of carboxylic acid groups (broad SMARTS) is 1. The molecule has 0 aromatic heterocycles. The zero-order chi connectivity index (χ0) is 10.9. The molecular formula is C10H16N2O3. The first-order valence-electron chi connectivity index (χ1n) is 5.39. The summed E-state index contributed by atoms with van der Waals surface area (Å²) in [5, 5.41) is 14.0. The molecule has 2 atom stereocenters. The molecule has 2 unspecified atom stereocenters. The summed E-state index contributed by atoms with van der Waals surface area (Å²) >= 11 is 0. The molecule has 2 amide bonds. The molecule has 1 saturated heterocycles. The Morgan fingerprint density at radius 2 is 2.40 bits per heavy atom. The first-order valence-corrected chi connectivity index (χ1v) is 5.39. The van der Waals surface area contributed by atoms with E-state index in [1.54, 1.807) is 0 Å². The molecule has 3 N–H and O–H groups in total. The zero-order valence-electron chi connectivity index (χ0n) is 8.58.